The first-order valence-corrected chi connectivity index (χ1v) is 30.9. The van der Waals surface area contributed by atoms with E-state index in [-0.39, 0.29) is 0 Å². The summed E-state index contributed by atoms with van der Waals surface area (Å²) in [4.78, 5) is 0. The predicted molar refractivity (Wildman–Crippen MR) is 380 cm³/mol. The van der Waals surface area contributed by atoms with Crippen LogP contribution in [0.25, 0.3) is 218 Å². The average Bonchev–Trinajstić information content (AvgIpc) is 1.50. The van der Waals surface area contributed by atoms with Gasteiger partial charge in [0.25, 0.3) is 0 Å². The van der Waals surface area contributed by atoms with Crippen LogP contribution in [0.3, 0.4) is 0 Å². The quantitative estimate of drug-likeness (QED) is 0.115. The van der Waals surface area contributed by atoms with Gasteiger partial charge in [-0.05, 0) is 218 Å². The standard InChI is InChI=1S/C88H48/c1-4-21-49(22-5-1)53-29-10-14-33-57(53)76-68-40-20-37-60-56-32-13-17-36-61(56)80(77(60)68)86-70-46-42-63-65-44-48-72-79-71(47-43-64(75(65)79)62-41-45-69(83(76)86)78(70)74(62)63)87-81(58-34-15-11-30-54(58)50-23-6-2-7-24-50)84-66-38-18-27-52-28-19-39-67(73(52)66)85(84)82(88(72)87)59-35-16-12-31-55(59)51-25-8-3-9-26-51/h1-48H. The number of rotatable bonds is 6. The van der Waals surface area contributed by atoms with E-state index in [2.05, 4.69) is 291 Å². The molecule has 0 atom stereocenters. The molecule has 0 aliphatic carbocycles. The van der Waals surface area contributed by atoms with Gasteiger partial charge in [0.1, 0.15) is 0 Å². The van der Waals surface area contributed by atoms with Crippen LogP contribution in [-0.2, 0) is 0 Å². The van der Waals surface area contributed by atoms with E-state index < -0.39 is 0 Å². The molecule has 0 aliphatic heterocycles. The summed E-state index contributed by atoms with van der Waals surface area (Å²) in [5.41, 5.74) is 15.0. The second-order valence-corrected chi connectivity index (χ2v) is 24.6. The van der Waals surface area contributed by atoms with E-state index in [0.717, 1.165) is 0 Å². The summed E-state index contributed by atoms with van der Waals surface area (Å²) in [6.07, 6.45) is 0. The molecule has 0 fully saturated rings. The first-order chi connectivity index (χ1) is 43.8. The van der Waals surface area contributed by atoms with Crippen LogP contribution in [0.2, 0.25) is 0 Å². The molecule has 21 aromatic carbocycles. The van der Waals surface area contributed by atoms with Crippen LogP contribution in [0.15, 0.2) is 291 Å². The van der Waals surface area contributed by atoms with E-state index in [1.54, 1.807) is 0 Å². The molecule has 0 heterocycles. The van der Waals surface area contributed by atoms with Gasteiger partial charge < -0.3 is 0 Å². The van der Waals surface area contributed by atoms with Crippen LogP contribution in [0.1, 0.15) is 0 Å². The van der Waals surface area contributed by atoms with Crippen LogP contribution >= 0.6 is 0 Å². The summed E-state index contributed by atoms with van der Waals surface area (Å²) in [5, 5.41) is 36.9. The van der Waals surface area contributed by atoms with Gasteiger partial charge in [-0.2, -0.15) is 0 Å². The number of hydrogen-bond donors (Lipinski definition) is 0. The Morgan fingerprint density at radius 2 is 0.364 bits per heavy atom. The monoisotopic (exact) mass is 1100 g/mol. The normalized spacial score (nSPS) is 12.5. The van der Waals surface area contributed by atoms with Crippen molar-refractivity contribution in [2.24, 2.45) is 0 Å². The molecule has 0 aliphatic rings. The Morgan fingerprint density at radius 1 is 0.114 bits per heavy atom. The van der Waals surface area contributed by atoms with Gasteiger partial charge >= 0.3 is 0 Å². The minimum atomic E-state index is 1.21. The molecular weight excluding hydrogens is 1060 g/mol. The molecule has 0 aromatic heterocycles. The highest BCUT2D eigenvalue weighted by molar-refractivity contribution is 6.54. The summed E-state index contributed by atoms with van der Waals surface area (Å²) in [6, 6.07) is 111. The van der Waals surface area contributed by atoms with Gasteiger partial charge in [-0.25, -0.2) is 0 Å². The predicted octanol–water partition coefficient (Wildman–Crippen LogP) is 25.0. The molecule has 0 radical (unpaired) electrons. The molecule has 0 saturated carbocycles. The summed E-state index contributed by atoms with van der Waals surface area (Å²) in [5.74, 6) is 0. The minimum absolute atomic E-state index is 1.21. The summed E-state index contributed by atoms with van der Waals surface area (Å²) >= 11 is 0. The molecule has 0 heteroatoms. The van der Waals surface area contributed by atoms with E-state index in [4.69, 9.17) is 0 Å². The Morgan fingerprint density at radius 3 is 0.818 bits per heavy atom. The third-order valence-electron chi connectivity index (χ3n) is 20.6. The third kappa shape index (κ3) is 5.85. The zero-order valence-corrected chi connectivity index (χ0v) is 47.7. The zero-order chi connectivity index (χ0) is 57.0. The van der Waals surface area contributed by atoms with Gasteiger partial charge in [0.15, 0.2) is 0 Å². The Kier molecular flexibility index (Phi) is 9.13. The third-order valence-corrected chi connectivity index (χ3v) is 20.6. The molecule has 0 amide bonds. The van der Waals surface area contributed by atoms with Crippen LogP contribution in [0.4, 0.5) is 0 Å². The van der Waals surface area contributed by atoms with Crippen molar-refractivity contribution in [3.05, 3.63) is 291 Å². The van der Waals surface area contributed by atoms with E-state index in [1.165, 1.54) is 218 Å². The second-order valence-electron chi connectivity index (χ2n) is 24.6. The molecule has 0 nitrogen and oxygen atoms in total. The average molecular weight is 1110 g/mol. The van der Waals surface area contributed by atoms with E-state index in [1.807, 2.05) is 0 Å². The lowest BCUT2D eigenvalue weighted by atomic mass is 9.83. The smallest absolute Gasteiger partial charge is 0.000695 e. The van der Waals surface area contributed by atoms with Crippen LogP contribution in [-0.4, -0.2) is 0 Å². The topological polar surface area (TPSA) is 0 Å². The first kappa shape index (κ1) is 46.9. The summed E-state index contributed by atoms with van der Waals surface area (Å²) in [7, 11) is 0. The van der Waals surface area contributed by atoms with E-state index in [9.17, 15) is 0 Å². The molecule has 88 heavy (non-hydrogen) atoms. The molecule has 21 rings (SSSR count). The highest BCUT2D eigenvalue weighted by Crippen LogP contribution is 2.61. The van der Waals surface area contributed by atoms with Crippen molar-refractivity contribution < 1.29 is 0 Å². The molecule has 0 N–H and O–H groups in total. The van der Waals surface area contributed by atoms with E-state index >= 15 is 0 Å². The largest absolute Gasteiger partial charge is 0.0622 e. The van der Waals surface area contributed by atoms with Crippen LogP contribution < -0.4 is 0 Å². The van der Waals surface area contributed by atoms with Gasteiger partial charge in [0, 0.05) is 0 Å². The lowest BCUT2D eigenvalue weighted by Crippen LogP contribution is -1.92. The second kappa shape index (κ2) is 17.1. The van der Waals surface area contributed by atoms with Gasteiger partial charge in [-0.15, -0.1) is 0 Å². The summed E-state index contributed by atoms with van der Waals surface area (Å²) in [6.45, 7) is 0. The summed E-state index contributed by atoms with van der Waals surface area (Å²) < 4.78 is 0. The maximum Gasteiger partial charge on any atom is -0.000695 e. The molecule has 0 bridgehead atoms. The van der Waals surface area contributed by atoms with Crippen molar-refractivity contribution in [2.75, 3.05) is 0 Å². The molecule has 0 saturated heterocycles. The number of hydrogen-bond acceptors (Lipinski definition) is 0. The minimum Gasteiger partial charge on any atom is -0.0622 e. The fourth-order valence-electron chi connectivity index (χ4n) is 17.3. The highest BCUT2D eigenvalue weighted by Gasteiger charge is 2.32. The van der Waals surface area contributed by atoms with Crippen molar-refractivity contribution in [2.45, 2.75) is 0 Å². The number of benzene rings is 17. The Hall–Kier alpha value is -11.4. The molecule has 400 valence electrons. The van der Waals surface area contributed by atoms with Crippen molar-refractivity contribution in [3.63, 3.8) is 0 Å². The molecule has 21 aromatic rings. The highest BCUT2D eigenvalue weighted by atomic mass is 14.3. The lowest BCUT2D eigenvalue weighted by molar-refractivity contribution is 1.61. The molecular formula is C88H48. The van der Waals surface area contributed by atoms with Gasteiger partial charge in [0.05, 0.1) is 0 Å². The molecule has 0 spiro atoms. The maximum absolute atomic E-state index is 2.51. The van der Waals surface area contributed by atoms with Gasteiger partial charge in [0.2, 0.25) is 0 Å². The van der Waals surface area contributed by atoms with Gasteiger partial charge in [-0.1, -0.05) is 291 Å². The van der Waals surface area contributed by atoms with Gasteiger partial charge in [-0.3, -0.25) is 0 Å². The Labute approximate surface area is 505 Å². The van der Waals surface area contributed by atoms with Crippen molar-refractivity contribution in [3.8, 4) is 66.8 Å². The van der Waals surface area contributed by atoms with Crippen molar-refractivity contribution in [1.29, 1.82) is 0 Å². The van der Waals surface area contributed by atoms with Crippen LogP contribution in [0, 0.1) is 0 Å². The first-order valence-electron chi connectivity index (χ1n) is 30.9. The molecule has 0 unspecified atom stereocenters. The fraction of sp³-hybridized carbons (Fsp3) is 0. The fourth-order valence-corrected chi connectivity index (χ4v) is 17.3. The van der Waals surface area contributed by atoms with Crippen LogP contribution in [0.5, 0.6) is 0 Å². The zero-order valence-electron chi connectivity index (χ0n) is 47.7. The maximum atomic E-state index is 2.51. The Balaban J connectivity index is 0.957. The van der Waals surface area contributed by atoms with E-state index in [0.29, 0.717) is 0 Å². The van der Waals surface area contributed by atoms with Crippen molar-refractivity contribution >= 4 is 151 Å². The van der Waals surface area contributed by atoms with Crippen molar-refractivity contribution in [1.82, 2.24) is 0 Å². The number of fused-ring (bicyclic) bond motifs is 15. The Bertz CT molecular complexity index is 6270. The SMILES string of the molecule is c1ccc(-c2ccccc2-c2c3c4cccc5cccc(c3c(-c3ccccc3-c3ccccc3)c3c6ccc7c8ccc9c%10c(ccc(c%11ccc(c23)c6c%117)c8%10)c2c(-c3ccccc3-c3ccccc3)c3cccc6c7ccccc7c(c36)c92)c54)cc1. The lowest BCUT2D eigenvalue weighted by Gasteiger charge is -2.19.